The second kappa shape index (κ2) is 7.03. The molecule has 1 aromatic rings. The number of hydrogen-bond acceptors (Lipinski definition) is 3. The van der Waals surface area contributed by atoms with E-state index in [1.165, 1.54) is 0 Å². The number of nitrogens with one attached hydrogen (secondary N) is 1. The first-order valence-electron chi connectivity index (χ1n) is 6.92. The van der Waals surface area contributed by atoms with Crippen LogP contribution in [-0.4, -0.2) is 24.3 Å². The van der Waals surface area contributed by atoms with Gasteiger partial charge in [-0.25, -0.2) is 8.78 Å². The van der Waals surface area contributed by atoms with E-state index in [0.717, 1.165) is 25.0 Å². The Hall–Kier alpha value is -2.42. The Morgan fingerprint density at radius 3 is 2.82 bits per heavy atom. The first kappa shape index (κ1) is 16.0. The van der Waals surface area contributed by atoms with Gasteiger partial charge in [-0.3, -0.25) is 9.59 Å². The van der Waals surface area contributed by atoms with E-state index in [1.54, 1.807) is 0 Å². The first-order chi connectivity index (χ1) is 10.5. The zero-order valence-corrected chi connectivity index (χ0v) is 11.8. The molecule has 1 unspecified atom stereocenters. The molecular formula is C16H15F2NO3. The lowest BCUT2D eigenvalue weighted by molar-refractivity contribution is -0.122. The van der Waals surface area contributed by atoms with E-state index in [1.807, 2.05) is 0 Å². The fourth-order valence-corrected chi connectivity index (χ4v) is 2.30. The minimum absolute atomic E-state index is 0.0885. The van der Waals surface area contributed by atoms with Crippen LogP contribution in [0.25, 0.3) is 0 Å². The largest absolute Gasteiger partial charge is 0.478 e. The van der Waals surface area contributed by atoms with Gasteiger partial charge in [0.2, 0.25) is 0 Å². The highest BCUT2D eigenvalue weighted by atomic mass is 19.1. The Morgan fingerprint density at radius 1 is 1.36 bits per heavy atom. The molecular weight excluding hydrogens is 292 g/mol. The van der Waals surface area contributed by atoms with E-state index < -0.39 is 29.1 Å². The maximum atomic E-state index is 13.9. The fourth-order valence-electron chi connectivity index (χ4n) is 2.30. The minimum Gasteiger partial charge on any atom is -0.478 e. The molecule has 1 N–H and O–H groups in total. The average molecular weight is 307 g/mol. The molecule has 1 aliphatic carbocycles. The molecule has 0 aromatic heterocycles. The van der Waals surface area contributed by atoms with Gasteiger partial charge in [-0.05, 0) is 18.9 Å². The zero-order chi connectivity index (χ0) is 16.1. The topological polar surface area (TPSA) is 55.4 Å². The van der Waals surface area contributed by atoms with Gasteiger partial charge in [0.1, 0.15) is 12.4 Å². The van der Waals surface area contributed by atoms with Gasteiger partial charge in [0, 0.05) is 12.5 Å². The molecule has 1 atom stereocenters. The van der Waals surface area contributed by atoms with Crippen molar-refractivity contribution in [1.29, 1.82) is 0 Å². The number of carbonyl (C=O) groups excluding carboxylic acids is 2. The van der Waals surface area contributed by atoms with Crippen LogP contribution >= 0.6 is 0 Å². The molecule has 6 heteroatoms. The number of amides is 1. The summed E-state index contributed by atoms with van der Waals surface area (Å²) < 4.78 is 32.5. The molecule has 0 radical (unpaired) electrons. The van der Waals surface area contributed by atoms with E-state index >= 15 is 0 Å². The highest BCUT2D eigenvalue weighted by Crippen LogP contribution is 2.22. The molecule has 1 aromatic carbocycles. The lowest BCUT2D eigenvalue weighted by Gasteiger charge is -2.21. The highest BCUT2D eigenvalue weighted by Gasteiger charge is 2.26. The van der Waals surface area contributed by atoms with Gasteiger partial charge in [0.15, 0.2) is 17.3 Å². The zero-order valence-electron chi connectivity index (χ0n) is 11.8. The molecule has 0 heterocycles. The molecule has 0 aliphatic heterocycles. The van der Waals surface area contributed by atoms with Crippen molar-refractivity contribution in [2.24, 2.45) is 0 Å². The summed E-state index contributed by atoms with van der Waals surface area (Å²) in [6, 6.07) is 0.870. The summed E-state index contributed by atoms with van der Waals surface area (Å²) >= 11 is 0. The van der Waals surface area contributed by atoms with E-state index in [-0.39, 0.29) is 18.1 Å². The summed E-state index contributed by atoms with van der Waals surface area (Å²) in [4.78, 5) is 23.7. The summed E-state index contributed by atoms with van der Waals surface area (Å²) in [6.07, 6.45) is 7.47. The molecule has 22 heavy (non-hydrogen) atoms. The normalized spacial score (nSPS) is 17.7. The van der Waals surface area contributed by atoms with Crippen molar-refractivity contribution in [3.63, 3.8) is 0 Å². The Bertz CT molecular complexity index is 637. The van der Waals surface area contributed by atoms with Gasteiger partial charge in [0.05, 0.1) is 11.6 Å². The lowest BCUT2D eigenvalue weighted by atomic mass is 9.94. The number of terminal acetylenes is 1. The highest BCUT2D eigenvalue weighted by molar-refractivity contribution is 5.98. The summed E-state index contributed by atoms with van der Waals surface area (Å²) in [6.45, 7) is -0.210. The third kappa shape index (κ3) is 3.61. The quantitative estimate of drug-likeness (QED) is 0.868. The number of halogens is 2. The van der Waals surface area contributed by atoms with Crippen LogP contribution in [-0.2, 0) is 4.79 Å². The van der Waals surface area contributed by atoms with E-state index in [9.17, 15) is 18.4 Å². The van der Waals surface area contributed by atoms with Crippen LogP contribution < -0.4 is 10.1 Å². The third-order valence-electron chi connectivity index (χ3n) is 3.44. The number of Topliss-reactive ketones (excluding diaryl/α,β-unsaturated/α-hetero) is 1. The standard InChI is InChI=1S/C16H15F2NO3/c1-2-7-22-15-9-11(17)10(8-12(15)18)16(21)19-13-5-3-4-6-14(13)20/h1,8-9,13H,3-7H2,(H,19,21). The summed E-state index contributed by atoms with van der Waals surface area (Å²) in [5.41, 5.74) is -0.469. The molecule has 1 amide bonds. The van der Waals surface area contributed by atoms with Gasteiger partial charge < -0.3 is 10.1 Å². The van der Waals surface area contributed by atoms with E-state index in [0.29, 0.717) is 12.8 Å². The Kier molecular flexibility index (Phi) is 5.10. The van der Waals surface area contributed by atoms with Gasteiger partial charge >= 0.3 is 0 Å². The van der Waals surface area contributed by atoms with Crippen LogP contribution in [0.3, 0.4) is 0 Å². The van der Waals surface area contributed by atoms with Gasteiger partial charge in [-0.1, -0.05) is 12.3 Å². The number of benzene rings is 1. The monoisotopic (exact) mass is 307 g/mol. The van der Waals surface area contributed by atoms with Crippen LogP contribution in [0.1, 0.15) is 36.0 Å². The Labute approximate surface area is 126 Å². The second-order valence-electron chi connectivity index (χ2n) is 4.99. The van der Waals surface area contributed by atoms with Crippen LogP contribution in [0.5, 0.6) is 5.75 Å². The van der Waals surface area contributed by atoms with Crippen molar-refractivity contribution in [3.8, 4) is 18.1 Å². The van der Waals surface area contributed by atoms with Crippen LogP contribution in [0.2, 0.25) is 0 Å². The molecule has 4 nitrogen and oxygen atoms in total. The lowest BCUT2D eigenvalue weighted by Crippen LogP contribution is -2.42. The van der Waals surface area contributed by atoms with Crippen molar-refractivity contribution in [1.82, 2.24) is 5.32 Å². The third-order valence-corrected chi connectivity index (χ3v) is 3.44. The number of rotatable bonds is 4. The first-order valence-corrected chi connectivity index (χ1v) is 6.92. The van der Waals surface area contributed by atoms with E-state index in [2.05, 4.69) is 11.2 Å². The molecule has 0 spiro atoms. The minimum atomic E-state index is -0.936. The van der Waals surface area contributed by atoms with Gasteiger partial charge in [-0.15, -0.1) is 6.42 Å². The molecule has 0 bridgehead atoms. The van der Waals surface area contributed by atoms with Gasteiger partial charge in [-0.2, -0.15) is 0 Å². The SMILES string of the molecule is C#CCOc1cc(F)c(C(=O)NC2CCCCC2=O)cc1F. The molecule has 2 rings (SSSR count). The van der Waals surface area contributed by atoms with Crippen molar-refractivity contribution in [2.45, 2.75) is 31.7 Å². The van der Waals surface area contributed by atoms with Crippen LogP contribution in [0.4, 0.5) is 8.78 Å². The number of carbonyl (C=O) groups is 2. The van der Waals surface area contributed by atoms with Gasteiger partial charge in [0.25, 0.3) is 5.91 Å². The Morgan fingerprint density at radius 2 is 2.14 bits per heavy atom. The maximum Gasteiger partial charge on any atom is 0.254 e. The second-order valence-corrected chi connectivity index (χ2v) is 4.99. The summed E-state index contributed by atoms with van der Waals surface area (Å²) in [5.74, 6) is -0.965. The summed E-state index contributed by atoms with van der Waals surface area (Å²) in [5, 5.41) is 2.45. The number of ether oxygens (including phenoxy) is 1. The molecule has 1 fully saturated rings. The molecule has 1 aliphatic rings. The molecule has 0 saturated heterocycles. The Balaban J connectivity index is 2.14. The van der Waals surface area contributed by atoms with Crippen molar-refractivity contribution >= 4 is 11.7 Å². The van der Waals surface area contributed by atoms with Crippen LogP contribution in [0, 0.1) is 24.0 Å². The van der Waals surface area contributed by atoms with Crippen LogP contribution in [0.15, 0.2) is 12.1 Å². The number of hydrogen-bond donors (Lipinski definition) is 1. The van der Waals surface area contributed by atoms with Crippen molar-refractivity contribution < 1.29 is 23.1 Å². The average Bonchev–Trinajstić information content (AvgIpc) is 2.50. The maximum absolute atomic E-state index is 13.9. The fraction of sp³-hybridized carbons (Fsp3) is 0.375. The smallest absolute Gasteiger partial charge is 0.254 e. The van der Waals surface area contributed by atoms with E-state index in [4.69, 9.17) is 11.2 Å². The predicted octanol–water partition coefficient (Wildman–Crippen LogP) is 2.22. The van der Waals surface area contributed by atoms with Crippen molar-refractivity contribution in [2.75, 3.05) is 6.61 Å². The predicted molar refractivity (Wildman–Crippen MR) is 75.4 cm³/mol. The summed E-state index contributed by atoms with van der Waals surface area (Å²) in [7, 11) is 0. The molecule has 1 saturated carbocycles. The number of ketones is 1. The molecule has 116 valence electrons. The van der Waals surface area contributed by atoms with Crippen molar-refractivity contribution in [3.05, 3.63) is 29.3 Å².